The lowest BCUT2D eigenvalue weighted by Gasteiger charge is -2.18. The summed E-state index contributed by atoms with van der Waals surface area (Å²) in [6.07, 6.45) is 1.70. The predicted molar refractivity (Wildman–Crippen MR) is 74.0 cm³/mol. The SMILES string of the molecule is CCC(Nc1cc(S(C)(=O)=O)ccc1C)C(=O)OC. The predicted octanol–water partition coefficient (Wildman–Crippen LogP) is 1.76. The number of hydrogen-bond acceptors (Lipinski definition) is 5. The van der Waals surface area contributed by atoms with Gasteiger partial charge in [-0.05, 0) is 31.0 Å². The van der Waals surface area contributed by atoms with Crippen molar-refractivity contribution in [3.8, 4) is 0 Å². The maximum absolute atomic E-state index is 11.5. The molecule has 0 amide bonds. The number of benzene rings is 1. The zero-order valence-electron chi connectivity index (χ0n) is 11.6. The number of hydrogen-bond donors (Lipinski definition) is 1. The molecule has 1 N–H and O–H groups in total. The van der Waals surface area contributed by atoms with Crippen molar-refractivity contribution < 1.29 is 17.9 Å². The summed E-state index contributed by atoms with van der Waals surface area (Å²) >= 11 is 0. The molecule has 0 aliphatic heterocycles. The lowest BCUT2D eigenvalue weighted by Crippen LogP contribution is -2.30. The number of nitrogens with one attached hydrogen (secondary N) is 1. The van der Waals surface area contributed by atoms with E-state index in [-0.39, 0.29) is 10.9 Å². The van der Waals surface area contributed by atoms with Crippen LogP contribution in [0.1, 0.15) is 18.9 Å². The van der Waals surface area contributed by atoms with Crippen molar-refractivity contribution in [2.45, 2.75) is 31.2 Å². The van der Waals surface area contributed by atoms with Crippen molar-refractivity contribution in [1.82, 2.24) is 0 Å². The number of rotatable bonds is 5. The first-order valence-corrected chi connectivity index (χ1v) is 7.83. The zero-order valence-corrected chi connectivity index (χ0v) is 12.4. The second-order valence-corrected chi connectivity index (χ2v) is 6.39. The third-order valence-corrected chi connectivity index (χ3v) is 3.97. The maximum Gasteiger partial charge on any atom is 0.328 e. The van der Waals surface area contributed by atoms with Gasteiger partial charge in [0.15, 0.2) is 9.84 Å². The molecule has 0 heterocycles. The molecule has 5 nitrogen and oxygen atoms in total. The van der Waals surface area contributed by atoms with E-state index < -0.39 is 15.9 Å². The van der Waals surface area contributed by atoms with E-state index in [9.17, 15) is 13.2 Å². The van der Waals surface area contributed by atoms with Gasteiger partial charge in [-0.15, -0.1) is 0 Å². The molecule has 0 saturated carbocycles. The maximum atomic E-state index is 11.5. The molecule has 19 heavy (non-hydrogen) atoms. The molecular weight excluding hydrogens is 266 g/mol. The molecule has 0 radical (unpaired) electrons. The second kappa shape index (κ2) is 6.06. The average molecular weight is 285 g/mol. The Morgan fingerprint density at radius 3 is 2.53 bits per heavy atom. The number of carbonyl (C=O) groups excluding carboxylic acids is 1. The Balaban J connectivity index is 3.10. The first-order chi connectivity index (χ1) is 8.79. The summed E-state index contributed by atoms with van der Waals surface area (Å²) in [4.78, 5) is 11.8. The summed E-state index contributed by atoms with van der Waals surface area (Å²) in [5, 5.41) is 3.02. The Hall–Kier alpha value is -1.56. The van der Waals surface area contributed by atoms with Gasteiger partial charge in [0.2, 0.25) is 0 Å². The van der Waals surface area contributed by atoms with Crippen molar-refractivity contribution in [2.24, 2.45) is 0 Å². The van der Waals surface area contributed by atoms with Crippen molar-refractivity contribution in [2.75, 3.05) is 18.7 Å². The highest BCUT2D eigenvalue weighted by molar-refractivity contribution is 7.90. The summed E-state index contributed by atoms with van der Waals surface area (Å²) in [6, 6.07) is 4.31. The number of aryl methyl sites for hydroxylation is 1. The van der Waals surface area contributed by atoms with Gasteiger partial charge in [0.05, 0.1) is 12.0 Å². The van der Waals surface area contributed by atoms with Crippen LogP contribution in [-0.4, -0.2) is 33.8 Å². The number of sulfone groups is 1. The molecule has 0 spiro atoms. The molecule has 0 aliphatic rings. The smallest absolute Gasteiger partial charge is 0.328 e. The Morgan fingerprint density at radius 2 is 2.05 bits per heavy atom. The van der Waals surface area contributed by atoms with Gasteiger partial charge in [-0.3, -0.25) is 0 Å². The van der Waals surface area contributed by atoms with Gasteiger partial charge < -0.3 is 10.1 Å². The number of esters is 1. The molecule has 0 aromatic heterocycles. The van der Waals surface area contributed by atoms with Crippen molar-refractivity contribution in [3.63, 3.8) is 0 Å². The van der Waals surface area contributed by atoms with Gasteiger partial charge >= 0.3 is 5.97 Å². The molecule has 0 saturated heterocycles. The second-order valence-electron chi connectivity index (χ2n) is 4.38. The van der Waals surface area contributed by atoms with E-state index in [4.69, 9.17) is 4.74 Å². The van der Waals surface area contributed by atoms with Crippen LogP contribution >= 0.6 is 0 Å². The number of methoxy groups -OCH3 is 1. The van der Waals surface area contributed by atoms with Gasteiger partial charge in [-0.25, -0.2) is 13.2 Å². The lowest BCUT2D eigenvalue weighted by atomic mass is 10.1. The molecule has 6 heteroatoms. The molecule has 106 valence electrons. The third kappa shape index (κ3) is 3.96. The number of carbonyl (C=O) groups is 1. The van der Waals surface area contributed by atoms with E-state index in [1.165, 1.54) is 13.2 Å². The Labute approximate surface area is 113 Å². The third-order valence-electron chi connectivity index (χ3n) is 2.86. The molecule has 1 aromatic carbocycles. The van der Waals surface area contributed by atoms with Crippen LogP contribution in [0.2, 0.25) is 0 Å². The molecule has 0 bridgehead atoms. The quantitative estimate of drug-likeness (QED) is 0.835. The summed E-state index contributed by atoms with van der Waals surface area (Å²) in [5.41, 5.74) is 1.50. The minimum Gasteiger partial charge on any atom is -0.467 e. The van der Waals surface area contributed by atoms with E-state index in [2.05, 4.69) is 5.32 Å². The number of ether oxygens (including phenoxy) is 1. The van der Waals surface area contributed by atoms with Crippen molar-refractivity contribution >= 4 is 21.5 Å². The van der Waals surface area contributed by atoms with Gasteiger partial charge in [0.25, 0.3) is 0 Å². The van der Waals surface area contributed by atoms with Crippen molar-refractivity contribution in [3.05, 3.63) is 23.8 Å². The standard InChI is InChI=1S/C13H19NO4S/c1-5-11(13(15)18-3)14-12-8-10(19(4,16)17)7-6-9(12)2/h6-8,11,14H,5H2,1-4H3. The largest absolute Gasteiger partial charge is 0.467 e. The summed E-state index contributed by atoms with van der Waals surface area (Å²) < 4.78 is 27.7. The monoisotopic (exact) mass is 285 g/mol. The van der Waals surface area contributed by atoms with Gasteiger partial charge in [0, 0.05) is 11.9 Å². The van der Waals surface area contributed by atoms with Gasteiger partial charge in [-0.2, -0.15) is 0 Å². The first kappa shape index (κ1) is 15.5. The highest BCUT2D eigenvalue weighted by Gasteiger charge is 2.18. The van der Waals surface area contributed by atoms with Crippen molar-refractivity contribution in [1.29, 1.82) is 0 Å². The fourth-order valence-corrected chi connectivity index (χ4v) is 2.29. The molecular formula is C13H19NO4S. The summed E-state index contributed by atoms with van der Waals surface area (Å²) in [5.74, 6) is -0.369. The van der Waals surface area contributed by atoms with E-state index in [1.54, 1.807) is 12.1 Å². The normalized spacial score (nSPS) is 12.8. The number of anilines is 1. The van der Waals surface area contributed by atoms with Crippen LogP contribution < -0.4 is 5.32 Å². The van der Waals surface area contributed by atoms with Crippen LogP contribution in [0.3, 0.4) is 0 Å². The fourth-order valence-electron chi connectivity index (χ4n) is 1.64. The highest BCUT2D eigenvalue weighted by Crippen LogP contribution is 2.21. The van der Waals surface area contributed by atoms with Crippen LogP contribution in [0.4, 0.5) is 5.69 Å². The molecule has 1 aromatic rings. The van der Waals surface area contributed by atoms with Crippen LogP contribution in [0, 0.1) is 6.92 Å². The van der Waals surface area contributed by atoms with Crippen LogP contribution in [-0.2, 0) is 19.4 Å². The Bertz CT molecular complexity index is 566. The van der Waals surface area contributed by atoms with E-state index in [0.29, 0.717) is 12.1 Å². The lowest BCUT2D eigenvalue weighted by molar-refractivity contribution is -0.141. The summed E-state index contributed by atoms with van der Waals surface area (Å²) in [7, 11) is -1.94. The minimum absolute atomic E-state index is 0.223. The van der Waals surface area contributed by atoms with Gasteiger partial charge in [0.1, 0.15) is 6.04 Å². The Kier molecular flexibility index (Phi) is 4.94. The Morgan fingerprint density at radius 1 is 1.42 bits per heavy atom. The van der Waals surface area contributed by atoms with Crippen LogP contribution in [0.25, 0.3) is 0 Å². The molecule has 1 unspecified atom stereocenters. The molecule has 1 rings (SSSR count). The van der Waals surface area contributed by atoms with Crippen LogP contribution in [0.5, 0.6) is 0 Å². The van der Waals surface area contributed by atoms with E-state index >= 15 is 0 Å². The summed E-state index contributed by atoms with van der Waals surface area (Å²) in [6.45, 7) is 3.70. The fraction of sp³-hybridized carbons (Fsp3) is 0.462. The molecule has 0 aliphatic carbocycles. The van der Waals surface area contributed by atoms with E-state index in [1.807, 2.05) is 13.8 Å². The zero-order chi connectivity index (χ0) is 14.6. The highest BCUT2D eigenvalue weighted by atomic mass is 32.2. The first-order valence-electron chi connectivity index (χ1n) is 5.94. The average Bonchev–Trinajstić information content (AvgIpc) is 2.35. The molecule has 1 atom stereocenters. The van der Waals surface area contributed by atoms with Crippen LogP contribution in [0.15, 0.2) is 23.1 Å². The van der Waals surface area contributed by atoms with Gasteiger partial charge in [-0.1, -0.05) is 13.0 Å². The molecule has 0 fully saturated rings. The minimum atomic E-state index is -3.27. The van der Waals surface area contributed by atoms with E-state index in [0.717, 1.165) is 11.8 Å². The topological polar surface area (TPSA) is 72.5 Å².